The van der Waals surface area contributed by atoms with Gasteiger partial charge < -0.3 is 10.2 Å². The van der Waals surface area contributed by atoms with Gasteiger partial charge >= 0.3 is 0 Å². The second-order valence-corrected chi connectivity index (χ2v) is 3.56. The summed E-state index contributed by atoms with van der Waals surface area (Å²) in [4.78, 5) is 10.9. The Kier molecular flexibility index (Phi) is 2.22. The fraction of sp³-hybridized carbons (Fsp3) is 0.444. The Bertz CT molecular complexity index is 262. The largest absolute Gasteiger partial charge is 0.472 e. The normalized spacial score (nSPS) is 11.5. The van der Waals surface area contributed by atoms with Crippen LogP contribution in [-0.2, 0) is 11.2 Å². The molecule has 0 aliphatic rings. The van der Waals surface area contributed by atoms with Crippen LogP contribution < -0.4 is 5.73 Å². The number of hydrogen-bond acceptors (Lipinski definition) is 2. The van der Waals surface area contributed by atoms with E-state index in [1.54, 1.807) is 12.5 Å². The van der Waals surface area contributed by atoms with Gasteiger partial charge in [-0.15, -0.1) is 0 Å². The van der Waals surface area contributed by atoms with Gasteiger partial charge in [-0.25, -0.2) is 0 Å². The maximum absolute atomic E-state index is 10.9. The first kappa shape index (κ1) is 8.84. The zero-order valence-electron chi connectivity index (χ0n) is 7.33. The molecule has 0 saturated carbocycles. The minimum absolute atomic E-state index is 0.288. The summed E-state index contributed by atoms with van der Waals surface area (Å²) < 4.78 is 4.89. The lowest BCUT2D eigenvalue weighted by Gasteiger charge is -2.18. The van der Waals surface area contributed by atoms with E-state index in [0.717, 1.165) is 5.56 Å². The predicted octanol–water partition coefficient (Wildman–Crippen LogP) is 1.33. The Hall–Kier alpha value is -1.25. The summed E-state index contributed by atoms with van der Waals surface area (Å²) in [5.74, 6) is -0.288. The van der Waals surface area contributed by atoms with E-state index in [1.807, 2.05) is 19.9 Å². The molecule has 1 aromatic heterocycles. The average molecular weight is 167 g/mol. The van der Waals surface area contributed by atoms with Crippen LogP contribution in [0.15, 0.2) is 23.0 Å². The van der Waals surface area contributed by atoms with Crippen molar-refractivity contribution in [2.75, 3.05) is 0 Å². The molecule has 3 nitrogen and oxygen atoms in total. The van der Waals surface area contributed by atoms with Crippen molar-refractivity contribution in [3.63, 3.8) is 0 Å². The molecule has 0 radical (unpaired) electrons. The number of carbonyl (C=O) groups excluding carboxylic acids is 1. The Balaban J connectivity index is 2.69. The second-order valence-electron chi connectivity index (χ2n) is 3.56. The minimum Gasteiger partial charge on any atom is -0.472 e. The van der Waals surface area contributed by atoms with Gasteiger partial charge in [-0.2, -0.15) is 0 Å². The van der Waals surface area contributed by atoms with Crippen LogP contribution in [0.2, 0.25) is 0 Å². The van der Waals surface area contributed by atoms with Gasteiger partial charge in [0.25, 0.3) is 0 Å². The number of nitrogens with two attached hydrogens (primary N) is 1. The molecule has 66 valence electrons. The maximum Gasteiger partial charge on any atom is 0.223 e. The number of hydrogen-bond donors (Lipinski definition) is 1. The molecule has 0 saturated heterocycles. The molecule has 1 heterocycles. The molecule has 0 bridgehead atoms. The maximum atomic E-state index is 10.9. The van der Waals surface area contributed by atoms with E-state index in [4.69, 9.17) is 10.2 Å². The predicted molar refractivity (Wildman–Crippen MR) is 45.4 cm³/mol. The monoisotopic (exact) mass is 167 g/mol. The summed E-state index contributed by atoms with van der Waals surface area (Å²) in [6.07, 6.45) is 3.84. The number of amides is 1. The summed E-state index contributed by atoms with van der Waals surface area (Å²) in [7, 11) is 0. The van der Waals surface area contributed by atoms with E-state index < -0.39 is 5.41 Å². The van der Waals surface area contributed by atoms with E-state index in [0.29, 0.717) is 6.42 Å². The average Bonchev–Trinajstić information content (AvgIpc) is 2.38. The molecule has 12 heavy (non-hydrogen) atoms. The van der Waals surface area contributed by atoms with Crippen molar-refractivity contribution in [3.8, 4) is 0 Å². The van der Waals surface area contributed by atoms with E-state index in [1.165, 1.54) is 0 Å². The van der Waals surface area contributed by atoms with Crippen molar-refractivity contribution < 1.29 is 9.21 Å². The number of furan rings is 1. The van der Waals surface area contributed by atoms with Crippen LogP contribution in [0, 0.1) is 5.41 Å². The molecule has 0 unspecified atom stereocenters. The van der Waals surface area contributed by atoms with E-state index in [9.17, 15) is 4.79 Å². The Labute approximate surface area is 71.6 Å². The first-order valence-electron chi connectivity index (χ1n) is 3.83. The molecule has 0 aromatic carbocycles. The van der Waals surface area contributed by atoms with Crippen molar-refractivity contribution in [1.82, 2.24) is 0 Å². The zero-order chi connectivity index (χ0) is 9.19. The minimum atomic E-state index is -0.496. The molecule has 0 atom stereocenters. The third-order valence-electron chi connectivity index (χ3n) is 1.89. The van der Waals surface area contributed by atoms with Gasteiger partial charge in [0, 0.05) is 5.41 Å². The highest BCUT2D eigenvalue weighted by Gasteiger charge is 2.25. The molecule has 1 amide bonds. The van der Waals surface area contributed by atoms with Crippen LogP contribution >= 0.6 is 0 Å². The lowest BCUT2D eigenvalue weighted by Crippen LogP contribution is -2.33. The third-order valence-corrected chi connectivity index (χ3v) is 1.89. The molecular weight excluding hydrogens is 154 g/mol. The Morgan fingerprint density at radius 2 is 2.33 bits per heavy atom. The summed E-state index contributed by atoms with van der Waals surface area (Å²) >= 11 is 0. The van der Waals surface area contributed by atoms with Crippen LogP contribution in [0.3, 0.4) is 0 Å². The molecule has 1 aromatic rings. The SMILES string of the molecule is CC(C)(Cc1ccoc1)C(N)=O. The summed E-state index contributed by atoms with van der Waals surface area (Å²) in [6, 6.07) is 1.84. The molecule has 0 aliphatic carbocycles. The van der Waals surface area contributed by atoms with E-state index in [2.05, 4.69) is 0 Å². The van der Waals surface area contributed by atoms with E-state index >= 15 is 0 Å². The van der Waals surface area contributed by atoms with Crippen molar-refractivity contribution in [1.29, 1.82) is 0 Å². The van der Waals surface area contributed by atoms with Crippen molar-refractivity contribution in [3.05, 3.63) is 24.2 Å². The quantitative estimate of drug-likeness (QED) is 0.738. The number of carbonyl (C=O) groups is 1. The highest BCUT2D eigenvalue weighted by Crippen LogP contribution is 2.21. The van der Waals surface area contributed by atoms with Crippen molar-refractivity contribution >= 4 is 5.91 Å². The molecule has 0 spiro atoms. The fourth-order valence-electron chi connectivity index (χ4n) is 0.991. The van der Waals surface area contributed by atoms with Crippen molar-refractivity contribution in [2.24, 2.45) is 11.1 Å². The highest BCUT2D eigenvalue weighted by atomic mass is 16.3. The number of primary amides is 1. The fourth-order valence-corrected chi connectivity index (χ4v) is 0.991. The van der Waals surface area contributed by atoms with Crippen LogP contribution in [0.5, 0.6) is 0 Å². The lowest BCUT2D eigenvalue weighted by atomic mass is 9.86. The highest BCUT2D eigenvalue weighted by molar-refractivity contribution is 5.80. The van der Waals surface area contributed by atoms with Crippen LogP contribution in [-0.4, -0.2) is 5.91 Å². The van der Waals surface area contributed by atoms with Gasteiger partial charge in [0.15, 0.2) is 0 Å². The molecule has 0 fully saturated rings. The molecule has 2 N–H and O–H groups in total. The van der Waals surface area contributed by atoms with Gasteiger partial charge in [-0.05, 0) is 18.1 Å². The Morgan fingerprint density at radius 3 is 2.75 bits per heavy atom. The smallest absolute Gasteiger partial charge is 0.223 e. The van der Waals surface area contributed by atoms with Gasteiger partial charge in [0.1, 0.15) is 0 Å². The first-order valence-corrected chi connectivity index (χ1v) is 3.83. The first-order chi connectivity index (χ1) is 5.52. The van der Waals surface area contributed by atoms with Gasteiger partial charge in [-0.1, -0.05) is 13.8 Å². The third kappa shape index (κ3) is 1.87. The lowest BCUT2D eigenvalue weighted by molar-refractivity contribution is -0.125. The van der Waals surface area contributed by atoms with Crippen molar-refractivity contribution in [2.45, 2.75) is 20.3 Å². The van der Waals surface area contributed by atoms with E-state index in [-0.39, 0.29) is 5.91 Å². The van der Waals surface area contributed by atoms with Gasteiger partial charge in [0.2, 0.25) is 5.91 Å². The summed E-state index contributed by atoms with van der Waals surface area (Å²) in [5.41, 5.74) is 5.72. The topological polar surface area (TPSA) is 56.2 Å². The summed E-state index contributed by atoms with van der Waals surface area (Å²) in [5, 5.41) is 0. The zero-order valence-corrected chi connectivity index (χ0v) is 7.33. The van der Waals surface area contributed by atoms with Gasteiger partial charge in [0.05, 0.1) is 12.5 Å². The number of rotatable bonds is 3. The van der Waals surface area contributed by atoms with Crippen LogP contribution in [0.4, 0.5) is 0 Å². The molecule has 0 aliphatic heterocycles. The molecule has 3 heteroatoms. The van der Waals surface area contributed by atoms with Gasteiger partial charge in [-0.3, -0.25) is 4.79 Å². The Morgan fingerprint density at radius 1 is 1.67 bits per heavy atom. The van der Waals surface area contributed by atoms with Crippen LogP contribution in [0.25, 0.3) is 0 Å². The second kappa shape index (κ2) is 3.01. The summed E-state index contributed by atoms with van der Waals surface area (Å²) in [6.45, 7) is 3.64. The molecule has 1 rings (SSSR count). The van der Waals surface area contributed by atoms with Crippen LogP contribution in [0.1, 0.15) is 19.4 Å². The molecular formula is C9H13NO2. The standard InChI is InChI=1S/C9H13NO2/c1-9(2,8(10)11)5-7-3-4-12-6-7/h3-4,6H,5H2,1-2H3,(H2,10,11).